The Morgan fingerprint density at radius 3 is 2.33 bits per heavy atom. The molecule has 0 spiro atoms. The average molecular weight is 290 g/mol. The van der Waals surface area contributed by atoms with Gasteiger partial charge in [-0.25, -0.2) is 0 Å². The van der Waals surface area contributed by atoms with Crippen molar-refractivity contribution in [2.45, 2.75) is 43.1 Å². The maximum Gasteiger partial charge on any atom is 0.235 e. The first-order valence-corrected chi connectivity index (χ1v) is 7.52. The van der Waals surface area contributed by atoms with Gasteiger partial charge < -0.3 is 10.2 Å². The van der Waals surface area contributed by atoms with E-state index in [-0.39, 0.29) is 22.3 Å². The Labute approximate surface area is 120 Å². The van der Waals surface area contributed by atoms with E-state index in [1.54, 1.807) is 0 Å². The second kappa shape index (κ2) is 7.94. The van der Waals surface area contributed by atoms with Crippen LogP contribution >= 0.6 is 25.3 Å². The Bertz CT molecular complexity index is 300. The summed E-state index contributed by atoms with van der Waals surface area (Å²) < 4.78 is 0. The fourth-order valence-corrected chi connectivity index (χ4v) is 2.61. The summed E-state index contributed by atoms with van der Waals surface area (Å²) >= 11 is 8.22. The molecule has 1 N–H and O–H groups in total. The molecule has 4 nitrogen and oxygen atoms in total. The van der Waals surface area contributed by atoms with Gasteiger partial charge in [0.15, 0.2) is 0 Å². The molecule has 2 unspecified atom stereocenters. The molecular formula is C12H22N2O2S2. The summed E-state index contributed by atoms with van der Waals surface area (Å²) in [5, 5.41) is 2.63. The number of carbonyl (C=O) groups excluding carboxylic acids is 2. The van der Waals surface area contributed by atoms with E-state index in [1.165, 1.54) is 0 Å². The van der Waals surface area contributed by atoms with Crippen LogP contribution in [0.4, 0.5) is 0 Å². The van der Waals surface area contributed by atoms with Gasteiger partial charge in [0.1, 0.15) is 0 Å². The van der Waals surface area contributed by atoms with Crippen molar-refractivity contribution in [3.05, 3.63) is 0 Å². The number of piperidine rings is 2. The summed E-state index contributed by atoms with van der Waals surface area (Å²) in [7, 11) is 0. The highest BCUT2D eigenvalue weighted by Crippen LogP contribution is 2.15. The van der Waals surface area contributed by atoms with E-state index in [2.05, 4.69) is 30.6 Å². The molecule has 2 saturated heterocycles. The molecule has 2 atom stereocenters. The van der Waals surface area contributed by atoms with Gasteiger partial charge >= 0.3 is 0 Å². The molecule has 0 aliphatic carbocycles. The molecule has 6 heteroatoms. The third-order valence-electron chi connectivity index (χ3n) is 3.14. The number of hydrogen-bond donors (Lipinski definition) is 3. The minimum absolute atomic E-state index is 0.0336. The van der Waals surface area contributed by atoms with Crippen LogP contribution in [0.3, 0.4) is 0 Å². The Hall–Kier alpha value is -0.360. The van der Waals surface area contributed by atoms with Crippen LogP contribution in [0.5, 0.6) is 0 Å². The van der Waals surface area contributed by atoms with E-state index in [4.69, 9.17) is 0 Å². The number of hydrogen-bond acceptors (Lipinski definition) is 4. The van der Waals surface area contributed by atoms with Crippen LogP contribution in [0.25, 0.3) is 0 Å². The standard InChI is InChI=1S/C7H13NOS.C5H9NOS/c1-2-8-5-3-4-6(10)7(8)9;7-5-4(8)2-1-3-6-5/h6,10H,2-5H2,1H3;4,8H,1-3H2,(H,6,7). The number of rotatable bonds is 1. The minimum atomic E-state index is -0.0521. The molecule has 2 amide bonds. The molecule has 2 heterocycles. The Balaban J connectivity index is 0.000000184. The quantitative estimate of drug-likeness (QED) is 0.634. The van der Waals surface area contributed by atoms with Crippen molar-refractivity contribution in [1.29, 1.82) is 0 Å². The predicted molar refractivity (Wildman–Crippen MR) is 79.3 cm³/mol. The first-order valence-electron chi connectivity index (χ1n) is 6.49. The molecule has 104 valence electrons. The first-order chi connectivity index (χ1) is 8.56. The number of thiol groups is 2. The SMILES string of the molecule is CCN1CCCC(S)C1=O.O=C1NCCCC1S. The largest absolute Gasteiger partial charge is 0.355 e. The monoisotopic (exact) mass is 290 g/mol. The molecule has 18 heavy (non-hydrogen) atoms. The average Bonchev–Trinajstić information content (AvgIpc) is 2.37. The van der Waals surface area contributed by atoms with Gasteiger partial charge in [0, 0.05) is 19.6 Å². The van der Waals surface area contributed by atoms with Crippen LogP contribution in [0.15, 0.2) is 0 Å². The number of carbonyl (C=O) groups is 2. The summed E-state index contributed by atoms with van der Waals surface area (Å²) in [6.45, 7) is 4.59. The molecule has 0 radical (unpaired) electrons. The van der Waals surface area contributed by atoms with Crippen molar-refractivity contribution >= 4 is 37.1 Å². The molecule has 0 aromatic heterocycles. The zero-order valence-electron chi connectivity index (χ0n) is 10.8. The summed E-state index contributed by atoms with van der Waals surface area (Å²) in [6.07, 6.45) is 4.04. The van der Waals surface area contributed by atoms with Gasteiger partial charge in [-0.15, -0.1) is 0 Å². The molecule has 2 aliphatic rings. The third-order valence-corrected chi connectivity index (χ3v) is 4.11. The van der Waals surface area contributed by atoms with E-state index in [1.807, 2.05) is 11.8 Å². The normalized spacial score (nSPS) is 28.3. The molecular weight excluding hydrogens is 268 g/mol. The van der Waals surface area contributed by atoms with Crippen molar-refractivity contribution in [1.82, 2.24) is 10.2 Å². The lowest BCUT2D eigenvalue weighted by molar-refractivity contribution is -0.132. The maximum absolute atomic E-state index is 11.2. The number of nitrogens with one attached hydrogen (secondary N) is 1. The third kappa shape index (κ3) is 4.72. The maximum atomic E-state index is 11.2. The van der Waals surface area contributed by atoms with Gasteiger partial charge in [0.25, 0.3) is 0 Å². The lowest BCUT2D eigenvalue weighted by Gasteiger charge is -2.28. The Morgan fingerprint density at radius 1 is 1.22 bits per heavy atom. The fourth-order valence-electron chi connectivity index (χ4n) is 1.99. The van der Waals surface area contributed by atoms with Gasteiger partial charge in [-0.2, -0.15) is 25.3 Å². The van der Waals surface area contributed by atoms with Crippen molar-refractivity contribution in [3.8, 4) is 0 Å². The van der Waals surface area contributed by atoms with Crippen molar-refractivity contribution in [3.63, 3.8) is 0 Å². The first kappa shape index (κ1) is 15.7. The molecule has 0 aromatic rings. The number of amides is 2. The van der Waals surface area contributed by atoms with Crippen LogP contribution in [-0.4, -0.2) is 46.8 Å². The summed E-state index contributed by atoms with van der Waals surface area (Å²) in [5.41, 5.74) is 0. The summed E-state index contributed by atoms with van der Waals surface area (Å²) in [6, 6.07) is 0. The van der Waals surface area contributed by atoms with Crippen LogP contribution in [-0.2, 0) is 9.59 Å². The van der Waals surface area contributed by atoms with Gasteiger partial charge in [-0.1, -0.05) is 0 Å². The zero-order chi connectivity index (χ0) is 13.5. The fraction of sp³-hybridized carbons (Fsp3) is 0.833. The predicted octanol–water partition coefficient (Wildman–Crippen LogP) is 1.12. The second-order valence-corrected chi connectivity index (χ2v) is 5.77. The van der Waals surface area contributed by atoms with E-state index >= 15 is 0 Å². The highest BCUT2D eigenvalue weighted by atomic mass is 32.1. The van der Waals surface area contributed by atoms with Gasteiger partial charge in [-0.3, -0.25) is 9.59 Å². The van der Waals surface area contributed by atoms with Crippen LogP contribution in [0, 0.1) is 0 Å². The highest BCUT2D eigenvalue weighted by molar-refractivity contribution is 7.82. The Morgan fingerprint density at radius 2 is 1.89 bits per heavy atom. The van der Waals surface area contributed by atoms with Gasteiger partial charge in [0.05, 0.1) is 10.5 Å². The molecule has 2 aliphatic heterocycles. The lowest BCUT2D eigenvalue weighted by atomic mass is 10.1. The zero-order valence-corrected chi connectivity index (χ0v) is 12.6. The minimum Gasteiger partial charge on any atom is -0.355 e. The second-order valence-electron chi connectivity index (χ2n) is 4.52. The van der Waals surface area contributed by atoms with Crippen LogP contribution in [0.2, 0.25) is 0 Å². The van der Waals surface area contributed by atoms with Crippen LogP contribution in [0.1, 0.15) is 32.6 Å². The number of nitrogens with zero attached hydrogens (tertiary/aromatic N) is 1. The highest BCUT2D eigenvalue weighted by Gasteiger charge is 2.23. The number of likely N-dealkylation sites (tertiary alicyclic amines) is 1. The summed E-state index contributed by atoms with van der Waals surface area (Å²) in [4.78, 5) is 23.7. The van der Waals surface area contributed by atoms with Crippen LogP contribution < -0.4 is 5.32 Å². The van der Waals surface area contributed by atoms with E-state index in [9.17, 15) is 9.59 Å². The van der Waals surface area contributed by atoms with E-state index in [0.717, 1.165) is 45.3 Å². The lowest BCUT2D eigenvalue weighted by Crippen LogP contribution is -2.41. The van der Waals surface area contributed by atoms with E-state index in [0.29, 0.717) is 0 Å². The topological polar surface area (TPSA) is 49.4 Å². The smallest absolute Gasteiger partial charge is 0.235 e. The van der Waals surface area contributed by atoms with Crippen molar-refractivity contribution in [2.24, 2.45) is 0 Å². The molecule has 2 rings (SSSR count). The molecule has 0 saturated carbocycles. The van der Waals surface area contributed by atoms with Crippen molar-refractivity contribution < 1.29 is 9.59 Å². The van der Waals surface area contributed by atoms with Gasteiger partial charge in [0.2, 0.25) is 11.8 Å². The molecule has 0 bridgehead atoms. The Kier molecular flexibility index (Phi) is 6.92. The van der Waals surface area contributed by atoms with Crippen molar-refractivity contribution in [2.75, 3.05) is 19.6 Å². The molecule has 2 fully saturated rings. The van der Waals surface area contributed by atoms with E-state index < -0.39 is 0 Å². The molecule has 0 aromatic carbocycles. The summed E-state index contributed by atoms with van der Waals surface area (Å²) in [5.74, 6) is 0.289. The van der Waals surface area contributed by atoms with Gasteiger partial charge in [-0.05, 0) is 32.6 Å².